The molecule has 0 saturated heterocycles. The van der Waals surface area contributed by atoms with E-state index in [0.717, 1.165) is 22.7 Å². The first kappa shape index (κ1) is 15.1. The normalized spacial score (nSPS) is 10.3. The third kappa shape index (κ3) is 3.89. The fourth-order valence-electron chi connectivity index (χ4n) is 1.96. The van der Waals surface area contributed by atoms with Crippen molar-refractivity contribution in [2.75, 3.05) is 10.6 Å². The van der Waals surface area contributed by atoms with Crippen molar-refractivity contribution in [2.24, 2.45) is 0 Å². The lowest BCUT2D eigenvalue weighted by Gasteiger charge is -2.05. The summed E-state index contributed by atoms with van der Waals surface area (Å²) < 4.78 is 0. The van der Waals surface area contributed by atoms with Gasteiger partial charge in [-0.3, -0.25) is 15.6 Å². The second kappa shape index (κ2) is 6.97. The van der Waals surface area contributed by atoms with Crippen LogP contribution in [0.2, 0.25) is 0 Å². The van der Waals surface area contributed by atoms with E-state index in [1.807, 2.05) is 31.2 Å². The van der Waals surface area contributed by atoms with E-state index in [9.17, 15) is 4.79 Å². The molecule has 0 aliphatic carbocycles. The van der Waals surface area contributed by atoms with Gasteiger partial charge in [0.1, 0.15) is 16.6 Å². The summed E-state index contributed by atoms with van der Waals surface area (Å²) in [7, 11) is 0. The third-order valence-electron chi connectivity index (χ3n) is 3.06. The highest BCUT2D eigenvalue weighted by Crippen LogP contribution is 2.24. The minimum atomic E-state index is -0.367. The first-order chi connectivity index (χ1) is 11.2. The number of hydrogen-bond donors (Lipinski definition) is 2. The number of anilines is 2. The van der Waals surface area contributed by atoms with E-state index in [4.69, 9.17) is 0 Å². The van der Waals surface area contributed by atoms with Gasteiger partial charge in [-0.15, -0.1) is 11.3 Å². The van der Waals surface area contributed by atoms with Gasteiger partial charge in [0.15, 0.2) is 0 Å². The van der Waals surface area contributed by atoms with Crippen LogP contribution >= 0.6 is 11.3 Å². The molecule has 3 aromatic heterocycles. The Balaban J connectivity index is 1.65. The van der Waals surface area contributed by atoms with Crippen LogP contribution in [0, 0.1) is 0 Å². The molecule has 0 aromatic carbocycles. The van der Waals surface area contributed by atoms with Crippen molar-refractivity contribution in [1.29, 1.82) is 0 Å². The van der Waals surface area contributed by atoms with Crippen LogP contribution in [0.4, 0.5) is 16.4 Å². The minimum absolute atomic E-state index is 0.367. The van der Waals surface area contributed by atoms with Gasteiger partial charge in [-0.05, 0) is 30.7 Å². The summed E-state index contributed by atoms with van der Waals surface area (Å²) in [6.07, 6.45) is 4.27. The van der Waals surface area contributed by atoms with Gasteiger partial charge < -0.3 is 0 Å². The molecule has 0 fully saturated rings. The van der Waals surface area contributed by atoms with E-state index in [0.29, 0.717) is 11.6 Å². The molecule has 2 amide bonds. The molecule has 7 heteroatoms. The second-order valence-corrected chi connectivity index (χ2v) is 5.58. The number of pyridine rings is 2. The maximum atomic E-state index is 12.0. The number of carbonyl (C=O) groups excluding carboxylic acids is 1. The topological polar surface area (TPSA) is 79.8 Å². The molecular weight excluding hydrogens is 310 g/mol. The first-order valence-electron chi connectivity index (χ1n) is 7.14. The number of aryl methyl sites for hydroxylation is 1. The van der Waals surface area contributed by atoms with Crippen molar-refractivity contribution < 1.29 is 4.79 Å². The molecule has 3 aromatic rings. The van der Waals surface area contributed by atoms with Crippen molar-refractivity contribution in [3.05, 3.63) is 53.8 Å². The van der Waals surface area contributed by atoms with Crippen molar-refractivity contribution in [1.82, 2.24) is 15.0 Å². The fourth-order valence-corrected chi connectivity index (χ4v) is 2.71. The smallest absolute Gasteiger partial charge is 0.292 e. The monoisotopic (exact) mass is 325 g/mol. The molecule has 2 N–H and O–H groups in total. The van der Waals surface area contributed by atoms with Crippen LogP contribution in [-0.2, 0) is 6.42 Å². The molecule has 0 aliphatic rings. The minimum Gasteiger partial charge on any atom is -0.292 e. The Kier molecular flexibility index (Phi) is 4.58. The van der Waals surface area contributed by atoms with E-state index >= 15 is 0 Å². The van der Waals surface area contributed by atoms with Gasteiger partial charge >= 0.3 is 6.03 Å². The van der Waals surface area contributed by atoms with E-state index in [-0.39, 0.29) is 6.03 Å². The molecule has 3 rings (SSSR count). The van der Waals surface area contributed by atoms with Crippen LogP contribution in [0.5, 0.6) is 0 Å². The molecule has 6 nitrogen and oxygen atoms in total. The van der Waals surface area contributed by atoms with Gasteiger partial charge in [0.05, 0.1) is 0 Å². The van der Waals surface area contributed by atoms with Gasteiger partial charge in [0.25, 0.3) is 0 Å². The predicted octanol–water partition coefficient (Wildman–Crippen LogP) is 3.81. The Morgan fingerprint density at radius 2 is 2.00 bits per heavy atom. The Hall–Kier alpha value is -2.80. The van der Waals surface area contributed by atoms with Gasteiger partial charge in [0, 0.05) is 29.0 Å². The number of urea groups is 1. The van der Waals surface area contributed by atoms with Crippen LogP contribution in [0.1, 0.15) is 12.6 Å². The molecule has 3 heterocycles. The summed E-state index contributed by atoms with van der Waals surface area (Å²) >= 11 is 1.45. The Labute approximate surface area is 137 Å². The van der Waals surface area contributed by atoms with Crippen molar-refractivity contribution in [2.45, 2.75) is 13.3 Å². The summed E-state index contributed by atoms with van der Waals surface area (Å²) in [5.41, 5.74) is 1.85. The van der Waals surface area contributed by atoms with E-state index in [1.165, 1.54) is 11.3 Å². The third-order valence-corrected chi connectivity index (χ3v) is 3.96. The Morgan fingerprint density at radius 1 is 1.13 bits per heavy atom. The van der Waals surface area contributed by atoms with Crippen LogP contribution in [-0.4, -0.2) is 21.0 Å². The number of nitrogens with one attached hydrogen (secondary N) is 2. The number of carbonyl (C=O) groups is 1. The highest BCUT2D eigenvalue weighted by atomic mass is 32.1. The summed E-state index contributed by atoms with van der Waals surface area (Å²) in [4.78, 5) is 24.8. The largest absolute Gasteiger partial charge is 0.326 e. The Morgan fingerprint density at radius 3 is 2.78 bits per heavy atom. The lowest BCUT2D eigenvalue weighted by molar-refractivity contribution is 0.262. The van der Waals surface area contributed by atoms with E-state index < -0.39 is 0 Å². The summed E-state index contributed by atoms with van der Waals surface area (Å²) in [6, 6.07) is 8.95. The number of thiazole rings is 1. The van der Waals surface area contributed by atoms with Crippen LogP contribution in [0.15, 0.2) is 48.1 Å². The molecule has 0 bridgehead atoms. The standard InChI is InChI=1S/C16H15N5OS/c1-2-12-6-3-7-13(18-12)20-16(22)21-14-10-23-15(19-14)11-5-4-8-17-9-11/h3-10H,2H2,1H3,(H2,18,20,21,22). The lowest BCUT2D eigenvalue weighted by Crippen LogP contribution is -2.20. The number of nitrogens with zero attached hydrogens (tertiary/aromatic N) is 3. The van der Waals surface area contributed by atoms with Crippen LogP contribution in [0.3, 0.4) is 0 Å². The quantitative estimate of drug-likeness (QED) is 0.764. The molecule has 0 saturated carbocycles. The number of hydrogen-bond acceptors (Lipinski definition) is 5. The fraction of sp³-hybridized carbons (Fsp3) is 0.125. The zero-order chi connectivity index (χ0) is 16.1. The SMILES string of the molecule is CCc1cccc(NC(=O)Nc2csc(-c3cccnc3)n2)n1. The van der Waals surface area contributed by atoms with Crippen molar-refractivity contribution in [3.8, 4) is 10.6 Å². The molecule has 0 unspecified atom stereocenters. The first-order valence-corrected chi connectivity index (χ1v) is 8.02. The van der Waals surface area contributed by atoms with Gasteiger partial charge in [-0.25, -0.2) is 14.8 Å². The zero-order valence-corrected chi connectivity index (χ0v) is 13.3. The zero-order valence-electron chi connectivity index (χ0n) is 12.5. The van der Waals surface area contributed by atoms with Crippen LogP contribution in [0.25, 0.3) is 10.6 Å². The van der Waals surface area contributed by atoms with Gasteiger partial charge in [-0.1, -0.05) is 13.0 Å². The van der Waals surface area contributed by atoms with Crippen molar-refractivity contribution in [3.63, 3.8) is 0 Å². The average molecular weight is 325 g/mol. The number of rotatable bonds is 4. The maximum Gasteiger partial charge on any atom is 0.326 e. The molecule has 23 heavy (non-hydrogen) atoms. The molecule has 116 valence electrons. The van der Waals surface area contributed by atoms with Crippen LogP contribution < -0.4 is 10.6 Å². The van der Waals surface area contributed by atoms with Gasteiger partial charge in [-0.2, -0.15) is 0 Å². The second-order valence-electron chi connectivity index (χ2n) is 4.73. The van der Waals surface area contributed by atoms with E-state index in [1.54, 1.807) is 23.8 Å². The summed E-state index contributed by atoms with van der Waals surface area (Å²) in [5, 5.41) is 8.01. The summed E-state index contributed by atoms with van der Waals surface area (Å²) in [6.45, 7) is 2.02. The predicted molar refractivity (Wildman–Crippen MR) is 91.6 cm³/mol. The average Bonchev–Trinajstić information content (AvgIpc) is 3.04. The highest BCUT2D eigenvalue weighted by Gasteiger charge is 2.08. The highest BCUT2D eigenvalue weighted by molar-refractivity contribution is 7.13. The molecule has 0 spiro atoms. The van der Waals surface area contributed by atoms with Gasteiger partial charge in [0.2, 0.25) is 0 Å². The Bertz CT molecular complexity index is 803. The lowest BCUT2D eigenvalue weighted by atomic mass is 10.3. The number of aromatic nitrogens is 3. The maximum absolute atomic E-state index is 12.0. The van der Waals surface area contributed by atoms with E-state index in [2.05, 4.69) is 25.6 Å². The molecule has 0 atom stereocenters. The number of amides is 2. The molecule has 0 radical (unpaired) electrons. The van der Waals surface area contributed by atoms with Crippen molar-refractivity contribution >= 4 is 29.0 Å². The molecular formula is C16H15N5OS. The molecule has 0 aliphatic heterocycles. The summed E-state index contributed by atoms with van der Waals surface area (Å²) in [5.74, 6) is 1.02.